The van der Waals surface area contributed by atoms with Crippen LogP contribution in [0.25, 0.3) is 11.1 Å². The molecule has 0 aliphatic carbocycles. The fourth-order valence-electron chi connectivity index (χ4n) is 2.71. The fraction of sp³-hybridized carbons (Fsp3) is 0.316. The summed E-state index contributed by atoms with van der Waals surface area (Å²) in [6.07, 6.45) is 0.334. The van der Waals surface area contributed by atoms with Crippen molar-refractivity contribution in [1.29, 1.82) is 0 Å². The molecule has 0 saturated carbocycles. The Balaban J connectivity index is 2.41. The number of carbonyl (C=O) groups excluding carboxylic acids is 1. The molecular formula is C19H19ClF2O2. The van der Waals surface area contributed by atoms with Crippen molar-refractivity contribution in [3.05, 3.63) is 57.6 Å². The second-order valence-corrected chi connectivity index (χ2v) is 6.06. The summed E-state index contributed by atoms with van der Waals surface area (Å²) < 4.78 is 32.7. The third-order valence-corrected chi connectivity index (χ3v) is 4.07. The van der Waals surface area contributed by atoms with Crippen molar-refractivity contribution in [3.63, 3.8) is 0 Å². The largest absolute Gasteiger partial charge is 0.466 e. The molecule has 0 atom stereocenters. The minimum Gasteiger partial charge on any atom is -0.466 e. The van der Waals surface area contributed by atoms with E-state index in [1.54, 1.807) is 32.9 Å². The minimum absolute atomic E-state index is 0.101. The van der Waals surface area contributed by atoms with Crippen molar-refractivity contribution < 1.29 is 18.3 Å². The van der Waals surface area contributed by atoms with Gasteiger partial charge in [0.25, 0.3) is 0 Å². The Labute approximate surface area is 145 Å². The molecule has 0 aliphatic heterocycles. The Morgan fingerprint density at radius 3 is 2.46 bits per heavy atom. The average molecular weight is 353 g/mol. The summed E-state index contributed by atoms with van der Waals surface area (Å²) in [6, 6.07) is 5.96. The van der Waals surface area contributed by atoms with Crippen molar-refractivity contribution in [1.82, 2.24) is 0 Å². The number of halogens is 3. The third kappa shape index (κ3) is 4.12. The smallest absolute Gasteiger partial charge is 0.306 e. The zero-order valence-electron chi connectivity index (χ0n) is 13.9. The van der Waals surface area contributed by atoms with Crippen molar-refractivity contribution in [2.75, 3.05) is 6.61 Å². The van der Waals surface area contributed by atoms with E-state index in [0.29, 0.717) is 34.4 Å². The van der Waals surface area contributed by atoms with E-state index in [2.05, 4.69) is 0 Å². The van der Waals surface area contributed by atoms with Crippen LogP contribution in [0.4, 0.5) is 8.78 Å². The summed E-state index contributed by atoms with van der Waals surface area (Å²) >= 11 is 6.17. The molecule has 0 spiro atoms. The normalized spacial score (nSPS) is 10.8. The van der Waals surface area contributed by atoms with Crippen LogP contribution in [0, 0.1) is 25.5 Å². The second-order valence-electron chi connectivity index (χ2n) is 5.65. The number of hydrogen-bond donors (Lipinski definition) is 0. The maximum atomic E-state index is 14.4. The molecule has 128 valence electrons. The number of carbonyl (C=O) groups is 1. The maximum Gasteiger partial charge on any atom is 0.306 e. The standard InChI is InChI=1S/C19H19ClF2O2/c1-4-24-17(23)6-5-13-9-14(7-12(3)19(13)22)18-11(2)8-15(21)10-16(18)20/h7-10H,4-6H2,1-3H3. The summed E-state index contributed by atoms with van der Waals surface area (Å²) in [7, 11) is 0. The summed E-state index contributed by atoms with van der Waals surface area (Å²) in [5.41, 5.74) is 2.90. The van der Waals surface area contributed by atoms with Crippen molar-refractivity contribution in [2.45, 2.75) is 33.6 Å². The van der Waals surface area contributed by atoms with E-state index in [-0.39, 0.29) is 29.7 Å². The van der Waals surface area contributed by atoms with Crippen LogP contribution in [-0.4, -0.2) is 12.6 Å². The van der Waals surface area contributed by atoms with Gasteiger partial charge in [0.1, 0.15) is 11.6 Å². The van der Waals surface area contributed by atoms with Gasteiger partial charge in [-0.15, -0.1) is 0 Å². The summed E-state index contributed by atoms with van der Waals surface area (Å²) in [6.45, 7) is 5.42. The highest BCUT2D eigenvalue weighted by atomic mass is 35.5. The van der Waals surface area contributed by atoms with Crippen molar-refractivity contribution >= 4 is 17.6 Å². The molecule has 0 unspecified atom stereocenters. The molecule has 0 amide bonds. The van der Waals surface area contributed by atoms with Gasteiger partial charge < -0.3 is 4.74 Å². The molecule has 0 radical (unpaired) electrons. The first kappa shape index (κ1) is 18.4. The Morgan fingerprint density at radius 1 is 1.12 bits per heavy atom. The molecule has 24 heavy (non-hydrogen) atoms. The lowest BCUT2D eigenvalue weighted by Crippen LogP contribution is -2.06. The molecule has 2 rings (SSSR count). The molecule has 0 saturated heterocycles. The molecule has 0 bridgehead atoms. The van der Waals surface area contributed by atoms with Gasteiger partial charge in [0.2, 0.25) is 0 Å². The molecule has 2 aromatic rings. The highest BCUT2D eigenvalue weighted by molar-refractivity contribution is 6.33. The molecule has 0 aromatic heterocycles. The van der Waals surface area contributed by atoms with Crippen LogP contribution in [0.15, 0.2) is 24.3 Å². The van der Waals surface area contributed by atoms with Crippen LogP contribution >= 0.6 is 11.6 Å². The van der Waals surface area contributed by atoms with E-state index < -0.39 is 5.82 Å². The average Bonchev–Trinajstić information content (AvgIpc) is 2.48. The van der Waals surface area contributed by atoms with E-state index in [1.807, 2.05) is 0 Å². The topological polar surface area (TPSA) is 26.3 Å². The predicted molar refractivity (Wildman–Crippen MR) is 91.2 cm³/mol. The second kappa shape index (κ2) is 7.75. The van der Waals surface area contributed by atoms with Gasteiger partial charge in [-0.2, -0.15) is 0 Å². The van der Waals surface area contributed by atoms with Gasteiger partial charge in [-0.05, 0) is 73.7 Å². The maximum absolute atomic E-state index is 14.4. The number of esters is 1. The number of hydrogen-bond acceptors (Lipinski definition) is 2. The summed E-state index contributed by atoms with van der Waals surface area (Å²) in [4.78, 5) is 11.5. The SMILES string of the molecule is CCOC(=O)CCc1cc(-c2c(C)cc(F)cc2Cl)cc(C)c1F. The molecular weight excluding hydrogens is 334 g/mol. The van der Waals surface area contributed by atoms with Gasteiger partial charge in [-0.25, -0.2) is 8.78 Å². The van der Waals surface area contributed by atoms with Gasteiger partial charge in [-0.1, -0.05) is 11.6 Å². The van der Waals surface area contributed by atoms with Crippen LogP contribution in [0.2, 0.25) is 5.02 Å². The first-order chi connectivity index (χ1) is 11.3. The van der Waals surface area contributed by atoms with Crippen LogP contribution < -0.4 is 0 Å². The highest BCUT2D eigenvalue weighted by Crippen LogP contribution is 2.34. The van der Waals surface area contributed by atoms with Gasteiger partial charge in [0.15, 0.2) is 0 Å². The van der Waals surface area contributed by atoms with E-state index in [4.69, 9.17) is 16.3 Å². The molecule has 5 heteroatoms. The molecule has 2 nitrogen and oxygen atoms in total. The van der Waals surface area contributed by atoms with E-state index >= 15 is 0 Å². The van der Waals surface area contributed by atoms with E-state index in [1.165, 1.54) is 12.1 Å². The summed E-state index contributed by atoms with van der Waals surface area (Å²) in [5, 5.41) is 0.273. The zero-order chi connectivity index (χ0) is 17.9. The van der Waals surface area contributed by atoms with Gasteiger partial charge in [0.05, 0.1) is 11.6 Å². The third-order valence-electron chi connectivity index (χ3n) is 3.77. The number of rotatable bonds is 5. The lowest BCUT2D eigenvalue weighted by molar-refractivity contribution is -0.143. The number of ether oxygens (including phenoxy) is 1. The monoisotopic (exact) mass is 352 g/mol. The van der Waals surface area contributed by atoms with Crippen molar-refractivity contribution in [2.24, 2.45) is 0 Å². The van der Waals surface area contributed by atoms with E-state index in [9.17, 15) is 13.6 Å². The molecule has 0 fully saturated rings. The molecule has 2 aromatic carbocycles. The van der Waals surface area contributed by atoms with Crippen LogP contribution in [0.3, 0.4) is 0 Å². The molecule has 0 N–H and O–H groups in total. The Morgan fingerprint density at radius 2 is 1.83 bits per heavy atom. The lowest BCUT2D eigenvalue weighted by Gasteiger charge is -2.13. The molecule has 0 heterocycles. The molecule has 0 aliphatic rings. The van der Waals surface area contributed by atoms with Crippen LogP contribution in [-0.2, 0) is 16.0 Å². The fourth-order valence-corrected chi connectivity index (χ4v) is 3.07. The Kier molecular flexibility index (Phi) is 5.94. The summed E-state index contributed by atoms with van der Waals surface area (Å²) in [5.74, 6) is -1.13. The first-order valence-electron chi connectivity index (χ1n) is 7.74. The number of benzene rings is 2. The highest BCUT2D eigenvalue weighted by Gasteiger charge is 2.15. The zero-order valence-corrected chi connectivity index (χ0v) is 14.6. The number of aryl methyl sites for hydroxylation is 3. The van der Waals surface area contributed by atoms with Crippen LogP contribution in [0.1, 0.15) is 30.0 Å². The van der Waals surface area contributed by atoms with Gasteiger partial charge in [0, 0.05) is 12.0 Å². The quantitative estimate of drug-likeness (QED) is 0.674. The van der Waals surface area contributed by atoms with Crippen molar-refractivity contribution in [3.8, 4) is 11.1 Å². The van der Waals surface area contributed by atoms with E-state index in [0.717, 1.165) is 0 Å². The van der Waals surface area contributed by atoms with Gasteiger partial charge in [-0.3, -0.25) is 4.79 Å². The van der Waals surface area contributed by atoms with Crippen LogP contribution in [0.5, 0.6) is 0 Å². The Bertz CT molecular complexity index is 749. The first-order valence-corrected chi connectivity index (χ1v) is 8.12. The Hall–Kier alpha value is -1.94. The van der Waals surface area contributed by atoms with Gasteiger partial charge >= 0.3 is 5.97 Å². The predicted octanol–water partition coefficient (Wildman–Crippen LogP) is 5.40. The lowest BCUT2D eigenvalue weighted by atomic mass is 9.94. The minimum atomic E-state index is -0.414.